The summed E-state index contributed by atoms with van der Waals surface area (Å²) < 4.78 is 10.00. The smallest absolute Gasteiger partial charge is 0.332 e. The average molecular weight is 279 g/mol. The third kappa shape index (κ3) is 7.92. The fourth-order valence-electron chi connectivity index (χ4n) is 1.87. The monoisotopic (exact) mass is 279 g/mol. The highest BCUT2D eigenvalue weighted by Crippen LogP contribution is 2.04. The zero-order valence-corrected chi connectivity index (χ0v) is 12.4. The van der Waals surface area contributed by atoms with Crippen molar-refractivity contribution in [2.45, 2.75) is 32.7 Å². The summed E-state index contributed by atoms with van der Waals surface area (Å²) in [6.07, 6.45) is 2.15. The number of nitrogens with one attached hydrogen (secondary N) is 1. The van der Waals surface area contributed by atoms with E-state index in [9.17, 15) is 4.79 Å². The second kappa shape index (κ2) is 10.4. The molecule has 0 aliphatic heterocycles. The van der Waals surface area contributed by atoms with Crippen LogP contribution >= 0.6 is 0 Å². The quantitative estimate of drug-likeness (QED) is 0.527. The normalized spacial score (nSPS) is 12.1. The van der Waals surface area contributed by atoms with Crippen LogP contribution in [-0.2, 0) is 20.7 Å². The van der Waals surface area contributed by atoms with Crippen molar-refractivity contribution in [3.63, 3.8) is 0 Å². The van der Waals surface area contributed by atoms with Crippen LogP contribution in [0.2, 0.25) is 0 Å². The Morgan fingerprint density at radius 2 is 2.05 bits per heavy atom. The van der Waals surface area contributed by atoms with Crippen LogP contribution < -0.4 is 5.32 Å². The summed E-state index contributed by atoms with van der Waals surface area (Å²) in [5.74, 6) is -0.301. The molecule has 1 aromatic carbocycles. The number of hydrogen-bond acceptors (Lipinski definition) is 4. The zero-order valence-electron chi connectivity index (χ0n) is 12.4. The molecule has 0 bridgehead atoms. The van der Waals surface area contributed by atoms with Gasteiger partial charge in [0.1, 0.15) is 6.61 Å². The van der Waals surface area contributed by atoms with Crippen molar-refractivity contribution in [1.82, 2.24) is 5.32 Å². The minimum absolute atomic E-state index is 0.0356. The Bertz CT molecular complexity index is 367. The van der Waals surface area contributed by atoms with E-state index in [0.29, 0.717) is 19.3 Å². The Morgan fingerprint density at radius 1 is 1.30 bits per heavy atom. The molecule has 0 aliphatic carbocycles. The predicted octanol–water partition coefficient (Wildman–Crippen LogP) is 2.18. The van der Waals surface area contributed by atoms with Crippen molar-refractivity contribution in [3.8, 4) is 0 Å². The first-order valence-electron chi connectivity index (χ1n) is 7.23. The summed E-state index contributed by atoms with van der Waals surface area (Å²) in [4.78, 5) is 11.0. The predicted molar refractivity (Wildman–Crippen MR) is 79.7 cm³/mol. The van der Waals surface area contributed by atoms with E-state index in [1.165, 1.54) is 5.56 Å². The van der Waals surface area contributed by atoms with Crippen LogP contribution in [0.25, 0.3) is 0 Å². The first kappa shape index (κ1) is 16.7. The number of aryl methyl sites for hydroxylation is 1. The van der Waals surface area contributed by atoms with Gasteiger partial charge in [-0.05, 0) is 32.3 Å². The van der Waals surface area contributed by atoms with E-state index in [1.807, 2.05) is 6.07 Å². The molecule has 1 rings (SSSR count). The summed E-state index contributed by atoms with van der Waals surface area (Å²) in [5.41, 5.74) is 1.36. The van der Waals surface area contributed by atoms with Gasteiger partial charge in [-0.15, -0.1) is 0 Å². The molecule has 0 aromatic heterocycles. The van der Waals surface area contributed by atoms with Crippen molar-refractivity contribution in [1.29, 1.82) is 0 Å². The van der Waals surface area contributed by atoms with Crippen LogP contribution in [0, 0.1) is 0 Å². The van der Waals surface area contributed by atoms with Crippen molar-refractivity contribution < 1.29 is 14.3 Å². The van der Waals surface area contributed by atoms with Crippen molar-refractivity contribution >= 4 is 5.97 Å². The van der Waals surface area contributed by atoms with Gasteiger partial charge in [-0.1, -0.05) is 30.3 Å². The zero-order chi connectivity index (χ0) is 14.6. The Kier molecular flexibility index (Phi) is 8.67. The lowest BCUT2D eigenvalue weighted by molar-refractivity contribution is -0.148. The summed E-state index contributed by atoms with van der Waals surface area (Å²) in [5, 5.41) is 3.38. The second-order valence-electron chi connectivity index (χ2n) is 4.74. The highest BCUT2D eigenvalue weighted by atomic mass is 16.6. The van der Waals surface area contributed by atoms with E-state index in [1.54, 1.807) is 6.92 Å². The van der Waals surface area contributed by atoms with E-state index in [4.69, 9.17) is 9.47 Å². The summed E-state index contributed by atoms with van der Waals surface area (Å²) in [6, 6.07) is 10.9. The first-order chi connectivity index (χ1) is 9.72. The van der Waals surface area contributed by atoms with Crippen LogP contribution in [0.5, 0.6) is 0 Å². The van der Waals surface area contributed by atoms with Crippen LogP contribution in [-0.4, -0.2) is 38.4 Å². The van der Waals surface area contributed by atoms with Crippen molar-refractivity contribution in [3.05, 3.63) is 35.9 Å². The van der Waals surface area contributed by atoms with Crippen molar-refractivity contribution in [2.75, 3.05) is 26.4 Å². The molecular weight excluding hydrogens is 254 g/mol. The van der Waals surface area contributed by atoms with Gasteiger partial charge in [-0.3, -0.25) is 0 Å². The number of carbonyl (C=O) groups excluding carboxylic acids is 1. The lowest BCUT2D eigenvalue weighted by Crippen LogP contribution is -2.30. The van der Waals surface area contributed by atoms with Gasteiger partial charge in [0.15, 0.2) is 0 Å². The molecule has 0 amide bonds. The molecule has 1 unspecified atom stereocenters. The van der Waals surface area contributed by atoms with E-state index < -0.39 is 0 Å². The Hall–Kier alpha value is -1.39. The third-order valence-electron chi connectivity index (χ3n) is 2.97. The molecule has 1 N–H and O–H groups in total. The number of benzene rings is 1. The fraction of sp³-hybridized carbons (Fsp3) is 0.562. The number of carbonyl (C=O) groups is 1. The third-order valence-corrected chi connectivity index (χ3v) is 2.97. The number of hydrogen-bond donors (Lipinski definition) is 1. The Balaban J connectivity index is 2.00. The molecule has 1 aromatic rings. The van der Waals surface area contributed by atoms with Gasteiger partial charge in [0, 0.05) is 12.6 Å². The van der Waals surface area contributed by atoms with Crippen LogP contribution in [0.15, 0.2) is 30.3 Å². The lowest BCUT2D eigenvalue weighted by atomic mass is 10.1. The van der Waals surface area contributed by atoms with Crippen molar-refractivity contribution in [2.24, 2.45) is 0 Å². The summed E-state index contributed by atoms with van der Waals surface area (Å²) in [7, 11) is 0. The fourth-order valence-corrected chi connectivity index (χ4v) is 1.87. The molecule has 20 heavy (non-hydrogen) atoms. The van der Waals surface area contributed by atoms with Crippen LogP contribution in [0.4, 0.5) is 0 Å². The maximum Gasteiger partial charge on any atom is 0.332 e. The molecule has 112 valence electrons. The standard InChI is InChI=1S/C16H25NO3/c1-3-20-16(18)13-19-12-11-17-14(2)9-10-15-7-5-4-6-8-15/h4-8,14,17H,3,9-13H2,1-2H3. The first-order valence-corrected chi connectivity index (χ1v) is 7.23. The number of esters is 1. The molecule has 0 spiro atoms. The summed E-state index contributed by atoms with van der Waals surface area (Å²) >= 11 is 0. The molecule has 0 aliphatic rings. The number of rotatable bonds is 10. The van der Waals surface area contributed by atoms with Gasteiger partial charge in [-0.2, -0.15) is 0 Å². The Labute approximate surface area is 121 Å². The summed E-state index contributed by atoms with van der Waals surface area (Å²) in [6.45, 7) is 5.65. The minimum Gasteiger partial charge on any atom is -0.464 e. The Morgan fingerprint density at radius 3 is 2.75 bits per heavy atom. The van der Waals surface area contributed by atoms with Gasteiger partial charge in [0.2, 0.25) is 0 Å². The molecular formula is C16H25NO3. The second-order valence-corrected chi connectivity index (χ2v) is 4.74. The SMILES string of the molecule is CCOC(=O)COCCNC(C)CCc1ccccc1. The molecule has 1 atom stereocenters. The maximum atomic E-state index is 11.0. The van der Waals surface area contributed by atoms with Crippen LogP contribution in [0.3, 0.4) is 0 Å². The molecule has 0 heterocycles. The lowest BCUT2D eigenvalue weighted by Gasteiger charge is -2.13. The molecule has 0 fully saturated rings. The molecule has 4 nitrogen and oxygen atoms in total. The average Bonchev–Trinajstić information content (AvgIpc) is 2.46. The molecule has 0 saturated heterocycles. The minimum atomic E-state index is -0.301. The van der Waals surface area contributed by atoms with E-state index >= 15 is 0 Å². The number of ether oxygens (including phenoxy) is 2. The van der Waals surface area contributed by atoms with Crippen LogP contribution in [0.1, 0.15) is 25.8 Å². The maximum absolute atomic E-state index is 11.0. The topological polar surface area (TPSA) is 47.6 Å². The molecule has 0 radical (unpaired) electrons. The van der Waals surface area contributed by atoms with Gasteiger partial charge in [0.05, 0.1) is 13.2 Å². The molecule has 4 heteroatoms. The highest BCUT2D eigenvalue weighted by Gasteiger charge is 2.03. The van der Waals surface area contributed by atoms with Gasteiger partial charge >= 0.3 is 5.97 Å². The van der Waals surface area contributed by atoms with Gasteiger partial charge < -0.3 is 14.8 Å². The van der Waals surface area contributed by atoms with Gasteiger partial charge in [-0.25, -0.2) is 4.79 Å². The highest BCUT2D eigenvalue weighted by molar-refractivity contribution is 5.70. The van der Waals surface area contributed by atoms with Gasteiger partial charge in [0.25, 0.3) is 0 Å². The molecule has 0 saturated carbocycles. The largest absolute Gasteiger partial charge is 0.464 e. The van der Waals surface area contributed by atoms with E-state index in [2.05, 4.69) is 36.5 Å². The van der Waals surface area contributed by atoms with E-state index in [0.717, 1.165) is 19.4 Å². The van der Waals surface area contributed by atoms with E-state index in [-0.39, 0.29) is 12.6 Å².